The molecule has 1 aliphatic heterocycles. The molecule has 0 aliphatic carbocycles. The number of rotatable bonds is 4. The lowest BCUT2D eigenvalue weighted by Crippen LogP contribution is -2.57. The molecule has 2 atom stereocenters. The van der Waals surface area contributed by atoms with E-state index in [1.165, 1.54) is 4.52 Å². The Balaban J connectivity index is 1.65. The van der Waals surface area contributed by atoms with Crippen molar-refractivity contribution < 1.29 is 9.52 Å². The van der Waals surface area contributed by atoms with Crippen molar-refractivity contribution in [2.45, 2.75) is 25.9 Å². The van der Waals surface area contributed by atoms with Gasteiger partial charge in [0.05, 0.1) is 12.9 Å². The maximum absolute atomic E-state index is 9.26. The van der Waals surface area contributed by atoms with Gasteiger partial charge in [-0.15, -0.1) is 5.10 Å². The zero-order valence-corrected chi connectivity index (χ0v) is 14.9. The van der Waals surface area contributed by atoms with Crippen molar-refractivity contribution in [3.05, 3.63) is 24.5 Å². The van der Waals surface area contributed by atoms with Gasteiger partial charge in [-0.2, -0.15) is 9.50 Å². The Labute approximate surface area is 151 Å². The van der Waals surface area contributed by atoms with Crippen molar-refractivity contribution in [2.24, 2.45) is 0 Å². The molecular formula is C17H23N7O2. The van der Waals surface area contributed by atoms with Gasteiger partial charge in [-0.25, -0.2) is 4.98 Å². The fourth-order valence-electron chi connectivity index (χ4n) is 3.67. The van der Waals surface area contributed by atoms with Crippen LogP contribution in [-0.4, -0.2) is 67.9 Å². The zero-order valence-electron chi connectivity index (χ0n) is 14.9. The average molecular weight is 357 g/mol. The minimum absolute atomic E-state index is 0.168. The van der Waals surface area contributed by atoms with Crippen LogP contribution in [0, 0.1) is 0 Å². The first kappa shape index (κ1) is 16.8. The molecule has 0 saturated carbocycles. The highest BCUT2D eigenvalue weighted by molar-refractivity contribution is 5.59. The van der Waals surface area contributed by atoms with E-state index in [0.717, 1.165) is 18.9 Å². The molecule has 0 radical (unpaired) electrons. The van der Waals surface area contributed by atoms with E-state index in [2.05, 4.69) is 38.7 Å². The number of hydrogen-bond acceptors (Lipinski definition) is 8. The Morgan fingerprint density at radius 3 is 2.69 bits per heavy atom. The van der Waals surface area contributed by atoms with Crippen molar-refractivity contribution in [2.75, 3.05) is 36.9 Å². The van der Waals surface area contributed by atoms with Crippen LogP contribution in [-0.2, 0) is 0 Å². The van der Waals surface area contributed by atoms with Gasteiger partial charge in [-0.3, -0.25) is 4.90 Å². The highest BCUT2D eigenvalue weighted by Gasteiger charge is 2.30. The van der Waals surface area contributed by atoms with Crippen LogP contribution >= 0.6 is 0 Å². The van der Waals surface area contributed by atoms with Gasteiger partial charge in [-0.05, 0) is 26.0 Å². The third kappa shape index (κ3) is 2.89. The van der Waals surface area contributed by atoms with Gasteiger partial charge in [0.25, 0.3) is 0 Å². The van der Waals surface area contributed by atoms with Crippen LogP contribution in [0.15, 0.2) is 28.9 Å². The molecule has 0 amide bonds. The summed E-state index contributed by atoms with van der Waals surface area (Å²) in [6, 6.07) is 6.12. The molecule has 0 bridgehead atoms. The summed E-state index contributed by atoms with van der Waals surface area (Å²) in [5.74, 6) is 2.15. The van der Waals surface area contributed by atoms with E-state index < -0.39 is 0 Å². The number of β-amino-alcohol motifs (C(OH)–C–C–N with tert-alkyl or cyclic N) is 1. The minimum Gasteiger partial charge on any atom is -0.461 e. The van der Waals surface area contributed by atoms with E-state index in [4.69, 9.17) is 10.2 Å². The Morgan fingerprint density at radius 2 is 2.04 bits per heavy atom. The fraction of sp³-hybridized carbons (Fsp3) is 0.471. The third-order valence-electron chi connectivity index (χ3n) is 4.86. The standard InChI is InChI=1S/C17H23N7O2/c1-11-9-22(10-12(2)23(11)5-6-25)14-8-15-19-16(13-4-3-7-26-13)21-24(15)17(18)20-14/h3-4,7-8,11-12,25H,5-6,9-10H2,1-2H3,(H2,18,20)/t11-,12+. The van der Waals surface area contributed by atoms with Crippen molar-refractivity contribution >= 4 is 17.4 Å². The summed E-state index contributed by atoms with van der Waals surface area (Å²) in [4.78, 5) is 13.6. The fourth-order valence-corrected chi connectivity index (χ4v) is 3.67. The highest BCUT2D eigenvalue weighted by atomic mass is 16.3. The first-order valence-corrected chi connectivity index (χ1v) is 8.75. The van der Waals surface area contributed by atoms with Crippen LogP contribution in [0.4, 0.5) is 11.8 Å². The predicted octanol–water partition coefficient (Wildman–Crippen LogP) is 0.858. The molecule has 4 heterocycles. The van der Waals surface area contributed by atoms with Crippen molar-refractivity contribution in [3.8, 4) is 11.6 Å². The quantitative estimate of drug-likeness (QED) is 0.708. The SMILES string of the molecule is C[C@@H]1CN(c2cc3nc(-c4ccco4)nn3c(N)n2)C[C@H](C)N1CCO. The molecule has 3 N–H and O–H groups in total. The second kappa shape index (κ2) is 6.58. The lowest BCUT2D eigenvalue weighted by molar-refractivity contribution is 0.102. The van der Waals surface area contributed by atoms with E-state index in [-0.39, 0.29) is 6.61 Å². The van der Waals surface area contributed by atoms with Crippen molar-refractivity contribution in [3.63, 3.8) is 0 Å². The minimum atomic E-state index is 0.168. The van der Waals surface area contributed by atoms with E-state index >= 15 is 0 Å². The summed E-state index contributed by atoms with van der Waals surface area (Å²) in [5, 5.41) is 13.6. The molecule has 4 rings (SSSR count). The molecule has 9 heteroatoms. The zero-order chi connectivity index (χ0) is 18.3. The monoisotopic (exact) mass is 357 g/mol. The largest absolute Gasteiger partial charge is 0.461 e. The Kier molecular flexibility index (Phi) is 4.25. The normalized spacial score (nSPS) is 21.6. The molecule has 1 fully saturated rings. The average Bonchev–Trinajstić information content (AvgIpc) is 3.27. The molecule has 0 aromatic carbocycles. The van der Waals surface area contributed by atoms with E-state index in [1.54, 1.807) is 12.3 Å². The van der Waals surface area contributed by atoms with Gasteiger partial charge in [0.1, 0.15) is 5.82 Å². The second-order valence-corrected chi connectivity index (χ2v) is 6.72. The number of piperazine rings is 1. The summed E-state index contributed by atoms with van der Waals surface area (Å²) < 4.78 is 6.89. The number of furan rings is 1. The van der Waals surface area contributed by atoms with E-state index in [9.17, 15) is 5.11 Å². The molecular weight excluding hydrogens is 334 g/mol. The number of nitrogen functional groups attached to an aromatic ring is 1. The van der Waals surface area contributed by atoms with Gasteiger partial charge >= 0.3 is 0 Å². The number of anilines is 2. The molecule has 1 saturated heterocycles. The number of nitrogens with zero attached hydrogens (tertiary/aromatic N) is 6. The van der Waals surface area contributed by atoms with Gasteiger partial charge in [-0.1, -0.05) is 0 Å². The maximum Gasteiger partial charge on any atom is 0.225 e. The lowest BCUT2D eigenvalue weighted by atomic mass is 10.1. The molecule has 0 spiro atoms. The first-order valence-electron chi connectivity index (χ1n) is 8.75. The van der Waals surface area contributed by atoms with E-state index in [0.29, 0.717) is 41.8 Å². The number of aliphatic hydroxyl groups excluding tert-OH is 1. The van der Waals surface area contributed by atoms with Crippen molar-refractivity contribution in [1.82, 2.24) is 24.5 Å². The molecule has 138 valence electrons. The summed E-state index contributed by atoms with van der Waals surface area (Å²) in [6.07, 6.45) is 1.59. The van der Waals surface area contributed by atoms with Crippen LogP contribution in [0.2, 0.25) is 0 Å². The molecule has 3 aromatic rings. The van der Waals surface area contributed by atoms with Crippen LogP contribution in [0.1, 0.15) is 13.8 Å². The van der Waals surface area contributed by atoms with Crippen LogP contribution < -0.4 is 10.6 Å². The Hall–Kier alpha value is -2.65. The summed E-state index contributed by atoms with van der Waals surface area (Å²) in [7, 11) is 0. The van der Waals surface area contributed by atoms with Crippen LogP contribution in [0.25, 0.3) is 17.2 Å². The van der Waals surface area contributed by atoms with Crippen LogP contribution in [0.5, 0.6) is 0 Å². The Bertz CT molecular complexity index is 880. The van der Waals surface area contributed by atoms with Crippen molar-refractivity contribution in [1.29, 1.82) is 0 Å². The predicted molar refractivity (Wildman–Crippen MR) is 97.8 cm³/mol. The van der Waals surface area contributed by atoms with Crippen LogP contribution in [0.3, 0.4) is 0 Å². The van der Waals surface area contributed by atoms with Gasteiger partial charge in [0, 0.05) is 37.8 Å². The number of nitrogens with two attached hydrogens (primary N) is 1. The van der Waals surface area contributed by atoms with E-state index in [1.807, 2.05) is 12.1 Å². The lowest BCUT2D eigenvalue weighted by Gasteiger charge is -2.44. The highest BCUT2D eigenvalue weighted by Crippen LogP contribution is 2.24. The number of aliphatic hydroxyl groups is 1. The molecule has 9 nitrogen and oxygen atoms in total. The second-order valence-electron chi connectivity index (χ2n) is 6.72. The van der Waals surface area contributed by atoms with Gasteiger partial charge in [0.2, 0.25) is 11.8 Å². The molecule has 1 aliphatic rings. The Morgan fingerprint density at radius 1 is 1.27 bits per heavy atom. The summed E-state index contributed by atoms with van der Waals surface area (Å²) >= 11 is 0. The third-order valence-corrected chi connectivity index (χ3v) is 4.86. The van der Waals surface area contributed by atoms with Gasteiger partial charge in [0.15, 0.2) is 11.4 Å². The number of aromatic nitrogens is 4. The maximum atomic E-state index is 9.26. The summed E-state index contributed by atoms with van der Waals surface area (Å²) in [5.41, 5.74) is 6.76. The molecule has 0 unspecified atom stereocenters. The summed E-state index contributed by atoms with van der Waals surface area (Å²) in [6.45, 7) is 6.79. The van der Waals surface area contributed by atoms with Gasteiger partial charge < -0.3 is 20.2 Å². The topological polar surface area (TPSA) is 109 Å². The molecule has 3 aromatic heterocycles. The molecule has 26 heavy (non-hydrogen) atoms. The smallest absolute Gasteiger partial charge is 0.225 e. The first-order chi connectivity index (χ1) is 12.6. The number of fused-ring (bicyclic) bond motifs is 1. The number of hydrogen-bond donors (Lipinski definition) is 2.